The lowest BCUT2D eigenvalue weighted by Gasteiger charge is -2.31. The minimum Gasteiger partial charge on any atom is -0.497 e. The minimum atomic E-state index is -4.11. The summed E-state index contributed by atoms with van der Waals surface area (Å²) in [4.78, 5) is 12.4. The number of methoxy groups -OCH3 is 1. The molecule has 10 nitrogen and oxygen atoms in total. The molecule has 3 aromatic rings. The Bertz CT molecular complexity index is 1280. The Morgan fingerprint density at radius 3 is 2.61 bits per heavy atom. The summed E-state index contributed by atoms with van der Waals surface area (Å²) in [6, 6.07) is 7.89. The van der Waals surface area contributed by atoms with Gasteiger partial charge in [-0.1, -0.05) is 31.5 Å². The Balaban J connectivity index is 1.73. The second-order valence-electron chi connectivity index (χ2n) is 7.31. The summed E-state index contributed by atoms with van der Waals surface area (Å²) < 4.78 is 44.1. The van der Waals surface area contributed by atoms with Crippen molar-refractivity contribution in [2.24, 2.45) is 0 Å². The molecule has 0 fully saturated rings. The van der Waals surface area contributed by atoms with Gasteiger partial charge < -0.3 is 19.3 Å². The highest BCUT2D eigenvalue weighted by Gasteiger charge is 2.43. The second kappa shape index (κ2) is 9.00. The molecule has 12 heteroatoms. The van der Waals surface area contributed by atoms with Crippen molar-refractivity contribution in [3.63, 3.8) is 0 Å². The number of fused-ring (bicyclic) bond motifs is 2. The Hall–Kier alpha value is -3.15. The molecule has 0 amide bonds. The first-order valence-corrected chi connectivity index (χ1v) is 11.8. The van der Waals surface area contributed by atoms with Gasteiger partial charge in [-0.05, 0) is 29.7 Å². The summed E-state index contributed by atoms with van der Waals surface area (Å²) in [6.45, 7) is 3.62. The summed E-state index contributed by atoms with van der Waals surface area (Å²) in [5.41, 5.74) is 0.906. The zero-order valence-electron chi connectivity index (χ0n) is 18.0. The highest BCUT2D eigenvalue weighted by molar-refractivity contribution is 7.93. The average molecular weight is 493 g/mol. The van der Waals surface area contributed by atoms with E-state index in [-0.39, 0.29) is 58.3 Å². The molecule has 0 aliphatic carbocycles. The number of anilines is 2. The molecule has 0 unspecified atom stereocenters. The van der Waals surface area contributed by atoms with Crippen LogP contribution in [0.2, 0.25) is 5.02 Å². The summed E-state index contributed by atoms with van der Waals surface area (Å²) in [6.07, 6.45) is 1.52. The van der Waals surface area contributed by atoms with E-state index in [2.05, 4.69) is 15.0 Å². The van der Waals surface area contributed by atoms with Gasteiger partial charge in [0.2, 0.25) is 11.6 Å². The van der Waals surface area contributed by atoms with Crippen molar-refractivity contribution in [2.75, 3.05) is 24.6 Å². The van der Waals surface area contributed by atoms with Crippen molar-refractivity contribution >= 4 is 33.4 Å². The first-order valence-electron chi connectivity index (χ1n) is 9.94. The monoisotopic (exact) mass is 492 g/mol. The molecule has 4 heterocycles. The molecule has 2 bridgehead atoms. The largest absolute Gasteiger partial charge is 0.497 e. The SMILES string of the molecule is COc1ccc(Cl)c(Oc2c(OCCO)nc3nc2N3S(=O)(=O)c2ccc(C(C)C)cn2)c1. The number of sulfonamides is 1. The molecule has 1 N–H and O–H groups in total. The Morgan fingerprint density at radius 2 is 1.97 bits per heavy atom. The van der Waals surface area contributed by atoms with E-state index in [1.165, 1.54) is 25.4 Å². The van der Waals surface area contributed by atoms with Crippen molar-refractivity contribution in [3.05, 3.63) is 47.1 Å². The molecule has 0 saturated carbocycles. The molecule has 0 saturated heterocycles. The van der Waals surface area contributed by atoms with Crippen LogP contribution in [0.25, 0.3) is 0 Å². The number of aliphatic hydroxyl groups is 1. The second-order valence-corrected chi connectivity index (χ2v) is 9.45. The summed E-state index contributed by atoms with van der Waals surface area (Å²) in [7, 11) is -2.62. The van der Waals surface area contributed by atoms with Gasteiger partial charge in [0.1, 0.15) is 18.1 Å². The van der Waals surface area contributed by atoms with E-state index in [1.54, 1.807) is 18.2 Å². The quantitative estimate of drug-likeness (QED) is 0.476. The van der Waals surface area contributed by atoms with E-state index in [9.17, 15) is 8.42 Å². The Kier molecular flexibility index (Phi) is 6.28. The predicted octanol–water partition coefficient (Wildman–Crippen LogP) is 3.66. The van der Waals surface area contributed by atoms with Crippen LogP contribution >= 0.6 is 11.6 Å². The molecule has 174 valence electrons. The molecule has 2 aliphatic rings. The number of hydrogen-bond acceptors (Lipinski definition) is 9. The van der Waals surface area contributed by atoms with Crippen molar-refractivity contribution < 1.29 is 27.7 Å². The fraction of sp³-hybridized carbons (Fsp3) is 0.286. The number of pyridine rings is 1. The fourth-order valence-corrected chi connectivity index (χ4v) is 4.43. The molecule has 2 aliphatic heterocycles. The number of aromatic nitrogens is 3. The van der Waals surface area contributed by atoms with Crippen LogP contribution in [-0.2, 0) is 10.0 Å². The van der Waals surface area contributed by atoms with Gasteiger partial charge >= 0.3 is 0 Å². The van der Waals surface area contributed by atoms with Crippen molar-refractivity contribution in [1.82, 2.24) is 15.0 Å². The molecule has 2 aromatic heterocycles. The van der Waals surface area contributed by atoms with Crippen LogP contribution in [0.4, 0.5) is 11.8 Å². The maximum Gasteiger partial charge on any atom is 0.289 e. The van der Waals surface area contributed by atoms with E-state index < -0.39 is 10.0 Å². The summed E-state index contributed by atoms with van der Waals surface area (Å²) in [5, 5.41) is 9.22. The van der Waals surface area contributed by atoms with E-state index in [1.807, 2.05) is 13.8 Å². The van der Waals surface area contributed by atoms with Crippen LogP contribution in [0, 0.1) is 0 Å². The Labute approximate surface area is 195 Å². The lowest BCUT2D eigenvalue weighted by molar-refractivity contribution is 0.192. The third-order valence-corrected chi connectivity index (χ3v) is 6.69. The van der Waals surface area contributed by atoms with E-state index in [4.69, 9.17) is 30.9 Å². The molecular weight excluding hydrogens is 472 g/mol. The number of ether oxygens (including phenoxy) is 3. The fourth-order valence-electron chi connectivity index (χ4n) is 3.02. The third-order valence-electron chi connectivity index (χ3n) is 4.79. The van der Waals surface area contributed by atoms with Gasteiger partial charge in [0.15, 0.2) is 5.03 Å². The molecule has 0 atom stereocenters. The molecule has 5 rings (SSSR count). The molecule has 0 radical (unpaired) electrons. The van der Waals surface area contributed by atoms with Gasteiger partial charge in [-0.2, -0.15) is 22.7 Å². The lowest BCUT2D eigenvalue weighted by atomic mass is 10.1. The third kappa shape index (κ3) is 4.26. The number of nitrogens with zero attached hydrogens (tertiary/aromatic N) is 4. The maximum atomic E-state index is 13.3. The van der Waals surface area contributed by atoms with Gasteiger partial charge in [0, 0.05) is 12.3 Å². The molecule has 33 heavy (non-hydrogen) atoms. The van der Waals surface area contributed by atoms with Gasteiger partial charge in [-0.15, -0.1) is 0 Å². The van der Waals surface area contributed by atoms with E-state index >= 15 is 0 Å². The predicted molar refractivity (Wildman–Crippen MR) is 120 cm³/mol. The number of rotatable bonds is 9. The highest BCUT2D eigenvalue weighted by atomic mass is 35.5. The summed E-state index contributed by atoms with van der Waals surface area (Å²) in [5.74, 6) is 0.614. The van der Waals surface area contributed by atoms with Crippen LogP contribution < -0.4 is 18.5 Å². The average Bonchev–Trinajstić information content (AvgIpc) is 2.79. The summed E-state index contributed by atoms with van der Waals surface area (Å²) >= 11 is 6.25. The molecule has 0 spiro atoms. The highest BCUT2D eigenvalue weighted by Crippen LogP contribution is 2.50. The number of halogens is 1. The van der Waals surface area contributed by atoms with E-state index in [0.717, 1.165) is 9.87 Å². The lowest BCUT2D eigenvalue weighted by Crippen LogP contribution is -2.36. The van der Waals surface area contributed by atoms with Crippen LogP contribution in [0.3, 0.4) is 0 Å². The Morgan fingerprint density at radius 1 is 1.18 bits per heavy atom. The van der Waals surface area contributed by atoms with Crippen LogP contribution in [0.5, 0.6) is 23.1 Å². The molecular formula is C21H21ClN4O6S. The zero-order chi connectivity index (χ0) is 23.8. The van der Waals surface area contributed by atoms with E-state index in [0.29, 0.717) is 5.75 Å². The van der Waals surface area contributed by atoms with Gasteiger partial charge in [0.05, 0.1) is 18.7 Å². The van der Waals surface area contributed by atoms with Crippen LogP contribution in [0.15, 0.2) is 41.6 Å². The minimum absolute atomic E-state index is 0.0301. The maximum absolute atomic E-state index is 13.3. The molecule has 1 aromatic carbocycles. The van der Waals surface area contributed by atoms with Gasteiger partial charge in [-0.25, -0.2) is 4.98 Å². The number of aliphatic hydroxyl groups excluding tert-OH is 1. The smallest absolute Gasteiger partial charge is 0.289 e. The van der Waals surface area contributed by atoms with Gasteiger partial charge in [-0.3, -0.25) is 0 Å². The van der Waals surface area contributed by atoms with Crippen LogP contribution in [-0.4, -0.2) is 48.8 Å². The number of benzene rings is 1. The number of hydrogen-bond donors (Lipinski definition) is 1. The van der Waals surface area contributed by atoms with Crippen molar-refractivity contribution in [1.29, 1.82) is 0 Å². The van der Waals surface area contributed by atoms with Crippen molar-refractivity contribution in [3.8, 4) is 23.1 Å². The first kappa shape index (κ1) is 23.0. The topological polar surface area (TPSA) is 124 Å². The standard InChI is InChI=1S/C21H21ClN4O6S/c1-12(2)13-4-7-17(23-11-13)33(28,29)26-19-18(20(31-9-8-27)25-21(26)24-19)32-16-10-14(30-3)5-6-15(16)22/h4-7,10-12,27H,8-9H2,1-3H3. The first-order chi connectivity index (χ1) is 15.8. The normalized spacial score (nSPS) is 12.5. The van der Waals surface area contributed by atoms with Crippen molar-refractivity contribution in [2.45, 2.75) is 24.8 Å². The van der Waals surface area contributed by atoms with Gasteiger partial charge in [0.25, 0.3) is 21.9 Å². The zero-order valence-corrected chi connectivity index (χ0v) is 19.6. The van der Waals surface area contributed by atoms with Crippen LogP contribution in [0.1, 0.15) is 25.3 Å².